The Labute approximate surface area is 194 Å². The average molecular weight is 463 g/mol. The number of aromatic nitrogens is 1. The highest BCUT2D eigenvalue weighted by Gasteiger charge is 2.14. The van der Waals surface area contributed by atoms with Gasteiger partial charge in [-0.05, 0) is 50.3 Å². The molecule has 0 atom stereocenters. The number of nitrogens with zero attached hydrogens (tertiary/aromatic N) is 4. The molecule has 0 aliphatic carbocycles. The Hall–Kier alpha value is -3.36. The molecule has 0 fully saturated rings. The van der Waals surface area contributed by atoms with Crippen molar-refractivity contribution in [2.75, 3.05) is 0 Å². The van der Waals surface area contributed by atoms with E-state index in [9.17, 15) is 10.1 Å². The lowest BCUT2D eigenvalue weighted by Crippen LogP contribution is -2.14. The third kappa shape index (κ3) is 4.32. The van der Waals surface area contributed by atoms with Gasteiger partial charge in [-0.2, -0.15) is 5.10 Å². The van der Waals surface area contributed by atoms with Crippen LogP contribution in [0.2, 0.25) is 0 Å². The van der Waals surface area contributed by atoms with Gasteiger partial charge in [0.15, 0.2) is 0 Å². The number of thiophene rings is 1. The highest BCUT2D eigenvalue weighted by Crippen LogP contribution is 2.27. The largest absolute Gasteiger partial charge is 0.272 e. The minimum absolute atomic E-state index is 0.0892. The number of nitro groups is 1. The van der Waals surface area contributed by atoms with E-state index in [0.717, 1.165) is 32.2 Å². The highest BCUT2D eigenvalue weighted by atomic mass is 32.1. The Bertz CT molecular complexity index is 1380. The monoisotopic (exact) mass is 462 g/mol. The van der Waals surface area contributed by atoms with Crippen molar-refractivity contribution in [2.24, 2.45) is 10.1 Å². The van der Waals surface area contributed by atoms with Crippen molar-refractivity contribution in [2.45, 2.75) is 27.7 Å². The van der Waals surface area contributed by atoms with Gasteiger partial charge in [0.05, 0.1) is 26.9 Å². The summed E-state index contributed by atoms with van der Waals surface area (Å²) in [7, 11) is 0. The van der Waals surface area contributed by atoms with E-state index in [1.807, 2.05) is 72.6 Å². The van der Waals surface area contributed by atoms with Crippen LogP contribution in [0.4, 0.5) is 11.4 Å². The summed E-state index contributed by atoms with van der Waals surface area (Å²) in [5.74, 6) is 0. The number of rotatable bonds is 5. The van der Waals surface area contributed by atoms with E-state index in [0.29, 0.717) is 16.8 Å². The van der Waals surface area contributed by atoms with Crippen LogP contribution in [0.1, 0.15) is 29.2 Å². The molecule has 4 rings (SSSR count). The smallest absolute Gasteiger partial charge is 0.258 e. The average Bonchev–Trinajstić information content (AvgIpc) is 3.41. The second kappa shape index (κ2) is 9.02. The molecule has 2 aromatic carbocycles. The fraction of sp³-hybridized carbons (Fsp3) is 0.167. The zero-order valence-electron chi connectivity index (χ0n) is 18.2. The van der Waals surface area contributed by atoms with Gasteiger partial charge in [-0.15, -0.1) is 22.7 Å². The first kappa shape index (κ1) is 21.9. The molecule has 8 heteroatoms. The predicted octanol–water partition coefficient (Wildman–Crippen LogP) is 6.62. The number of aryl methyl sites for hydroxylation is 3. The number of thiazole rings is 1. The fourth-order valence-corrected chi connectivity index (χ4v) is 5.01. The van der Waals surface area contributed by atoms with E-state index >= 15 is 0 Å². The normalized spacial score (nSPS) is 12.4. The van der Waals surface area contributed by atoms with Crippen LogP contribution in [0.3, 0.4) is 0 Å². The van der Waals surface area contributed by atoms with Crippen molar-refractivity contribution in [1.29, 1.82) is 0 Å². The van der Waals surface area contributed by atoms with Crippen LogP contribution >= 0.6 is 22.7 Å². The number of benzene rings is 2. The topological polar surface area (TPSA) is 72.8 Å². The fourth-order valence-electron chi connectivity index (χ4n) is 3.39. The lowest BCUT2D eigenvalue weighted by molar-refractivity contribution is -0.385. The Morgan fingerprint density at radius 1 is 1.00 bits per heavy atom. The number of nitro benzene ring substituents is 1. The molecular formula is C24H22N4O2S2. The first-order chi connectivity index (χ1) is 15.3. The van der Waals surface area contributed by atoms with Crippen LogP contribution in [0.15, 0.2) is 69.4 Å². The lowest BCUT2D eigenvalue weighted by atomic mass is 10.1. The molecule has 6 nitrogen and oxygen atoms in total. The van der Waals surface area contributed by atoms with Crippen LogP contribution in [0, 0.1) is 30.9 Å². The molecule has 2 heterocycles. The molecule has 0 saturated carbocycles. The Balaban J connectivity index is 1.91. The van der Waals surface area contributed by atoms with Crippen LogP contribution in [-0.4, -0.2) is 15.3 Å². The lowest BCUT2D eigenvalue weighted by Gasteiger charge is -2.07. The number of hydrogen-bond acceptors (Lipinski definition) is 6. The van der Waals surface area contributed by atoms with E-state index in [1.165, 1.54) is 11.3 Å². The Kier molecular flexibility index (Phi) is 6.16. The molecular weight excluding hydrogens is 440 g/mol. The van der Waals surface area contributed by atoms with Crippen LogP contribution < -0.4 is 4.80 Å². The maximum absolute atomic E-state index is 11.4. The minimum Gasteiger partial charge on any atom is -0.258 e. The van der Waals surface area contributed by atoms with Gasteiger partial charge in [0, 0.05) is 22.6 Å². The summed E-state index contributed by atoms with van der Waals surface area (Å²) in [6.45, 7) is 7.69. The zero-order chi connectivity index (χ0) is 22.8. The highest BCUT2D eigenvalue weighted by molar-refractivity contribution is 7.14. The van der Waals surface area contributed by atoms with Gasteiger partial charge in [0.2, 0.25) is 4.80 Å². The van der Waals surface area contributed by atoms with Gasteiger partial charge in [-0.25, -0.2) is 9.67 Å². The summed E-state index contributed by atoms with van der Waals surface area (Å²) in [6.07, 6.45) is 0. The molecule has 0 saturated heterocycles. The van der Waals surface area contributed by atoms with Crippen molar-refractivity contribution in [3.8, 4) is 10.6 Å². The first-order valence-corrected chi connectivity index (χ1v) is 11.8. The van der Waals surface area contributed by atoms with Gasteiger partial charge in [0.25, 0.3) is 5.69 Å². The molecule has 0 spiro atoms. The summed E-state index contributed by atoms with van der Waals surface area (Å²) in [5, 5.41) is 20.3. The van der Waals surface area contributed by atoms with Gasteiger partial charge in [-0.1, -0.05) is 36.4 Å². The molecule has 162 valence electrons. The van der Waals surface area contributed by atoms with E-state index in [2.05, 4.69) is 0 Å². The van der Waals surface area contributed by atoms with Crippen LogP contribution in [0.5, 0.6) is 0 Å². The maximum atomic E-state index is 11.4. The molecule has 0 bridgehead atoms. The zero-order valence-corrected chi connectivity index (χ0v) is 19.8. The summed E-state index contributed by atoms with van der Waals surface area (Å²) in [5.41, 5.74) is 6.15. The van der Waals surface area contributed by atoms with Gasteiger partial charge >= 0.3 is 0 Å². The molecule has 32 heavy (non-hydrogen) atoms. The Morgan fingerprint density at radius 2 is 1.75 bits per heavy atom. The SMILES string of the molecule is CC(=Nn1c(-c2cccs2)csc1=Nc1c(C)cccc1C)c1ccc(C)c([N+](=O)[O-])c1. The summed E-state index contributed by atoms with van der Waals surface area (Å²) < 4.78 is 1.84. The quantitative estimate of drug-likeness (QED) is 0.190. The van der Waals surface area contributed by atoms with E-state index in [-0.39, 0.29) is 10.6 Å². The number of hydrogen-bond donors (Lipinski definition) is 0. The molecule has 0 N–H and O–H groups in total. The molecule has 4 aromatic rings. The minimum atomic E-state index is -0.358. The second-order valence-electron chi connectivity index (χ2n) is 7.49. The summed E-state index contributed by atoms with van der Waals surface area (Å²) in [4.78, 5) is 17.8. The first-order valence-electron chi connectivity index (χ1n) is 10.0. The third-order valence-electron chi connectivity index (χ3n) is 5.18. The molecule has 2 aromatic heterocycles. The van der Waals surface area contributed by atoms with E-state index in [1.54, 1.807) is 30.4 Å². The summed E-state index contributed by atoms with van der Waals surface area (Å²) >= 11 is 3.15. The van der Waals surface area contributed by atoms with Crippen LogP contribution in [0.25, 0.3) is 10.6 Å². The molecule has 0 aliphatic heterocycles. The third-order valence-corrected chi connectivity index (χ3v) is 6.89. The van der Waals surface area contributed by atoms with Crippen molar-refractivity contribution < 1.29 is 4.92 Å². The van der Waals surface area contributed by atoms with Gasteiger partial charge < -0.3 is 0 Å². The van der Waals surface area contributed by atoms with E-state index < -0.39 is 0 Å². The molecule has 0 amide bonds. The Morgan fingerprint density at radius 3 is 2.41 bits per heavy atom. The molecule has 0 unspecified atom stereocenters. The molecule has 0 aliphatic rings. The predicted molar refractivity (Wildman–Crippen MR) is 132 cm³/mol. The van der Waals surface area contributed by atoms with Crippen molar-refractivity contribution in [1.82, 2.24) is 4.68 Å². The number of para-hydroxylation sites is 1. The maximum Gasteiger partial charge on any atom is 0.272 e. The second-order valence-corrected chi connectivity index (χ2v) is 9.27. The molecule has 0 radical (unpaired) electrons. The van der Waals surface area contributed by atoms with Crippen molar-refractivity contribution >= 4 is 39.8 Å². The van der Waals surface area contributed by atoms with E-state index in [4.69, 9.17) is 10.1 Å². The van der Waals surface area contributed by atoms with Crippen molar-refractivity contribution in [3.05, 3.63) is 96.5 Å². The summed E-state index contributed by atoms with van der Waals surface area (Å²) in [6, 6.07) is 15.4. The van der Waals surface area contributed by atoms with Gasteiger partial charge in [0.1, 0.15) is 0 Å². The standard InChI is InChI=1S/C24H22N4O2S2/c1-15-10-11-19(13-20(15)28(29)30)18(4)26-27-21(22-9-6-12-31-22)14-32-24(27)25-23-16(2)7-5-8-17(23)3/h5-14H,1-4H3. The van der Waals surface area contributed by atoms with Gasteiger partial charge in [-0.3, -0.25) is 10.1 Å². The van der Waals surface area contributed by atoms with Crippen molar-refractivity contribution in [3.63, 3.8) is 0 Å². The van der Waals surface area contributed by atoms with Crippen LogP contribution in [-0.2, 0) is 0 Å².